The van der Waals surface area contributed by atoms with E-state index in [0.29, 0.717) is 29.0 Å². The zero-order valence-electron chi connectivity index (χ0n) is 19.8. The maximum atomic E-state index is 13.4. The molecule has 2 aromatic carbocycles. The molecule has 0 saturated heterocycles. The molecule has 2 heterocycles. The van der Waals surface area contributed by atoms with Gasteiger partial charge >= 0.3 is 5.97 Å². The number of esters is 1. The van der Waals surface area contributed by atoms with Crippen LogP contribution in [0.2, 0.25) is 0 Å². The van der Waals surface area contributed by atoms with E-state index in [4.69, 9.17) is 14.6 Å². The lowest BCUT2D eigenvalue weighted by atomic mass is 9.95. The molecule has 0 radical (unpaired) electrons. The SMILES string of the molecule is CCCCSc1nc2n(n1)C(c1cccc(OCC)c1)C(C(=O)OCc1ccccc1)=C(C)N2. The van der Waals surface area contributed by atoms with Crippen LogP contribution in [0.5, 0.6) is 5.75 Å². The molecule has 0 aliphatic carbocycles. The maximum Gasteiger partial charge on any atom is 0.338 e. The number of fused-ring (bicyclic) bond motifs is 1. The number of rotatable bonds is 10. The van der Waals surface area contributed by atoms with E-state index in [2.05, 4.69) is 17.2 Å². The van der Waals surface area contributed by atoms with E-state index in [1.165, 1.54) is 0 Å². The van der Waals surface area contributed by atoms with Crippen LogP contribution in [0.15, 0.2) is 71.0 Å². The first-order valence-electron chi connectivity index (χ1n) is 11.6. The van der Waals surface area contributed by atoms with Gasteiger partial charge in [-0.25, -0.2) is 9.48 Å². The minimum Gasteiger partial charge on any atom is -0.494 e. The number of thioether (sulfide) groups is 1. The van der Waals surface area contributed by atoms with Crippen LogP contribution in [-0.2, 0) is 16.1 Å². The smallest absolute Gasteiger partial charge is 0.338 e. The molecule has 0 fully saturated rings. The molecular weight excluding hydrogens is 448 g/mol. The molecule has 1 atom stereocenters. The van der Waals surface area contributed by atoms with Crippen molar-refractivity contribution < 1.29 is 14.3 Å². The van der Waals surface area contributed by atoms with Gasteiger partial charge in [0.05, 0.1) is 12.2 Å². The second-order valence-corrected chi connectivity index (χ2v) is 9.06. The summed E-state index contributed by atoms with van der Waals surface area (Å²) < 4.78 is 13.2. The molecule has 8 heteroatoms. The molecule has 34 heavy (non-hydrogen) atoms. The summed E-state index contributed by atoms with van der Waals surface area (Å²) in [5.74, 6) is 1.92. The highest BCUT2D eigenvalue weighted by Crippen LogP contribution is 2.37. The largest absolute Gasteiger partial charge is 0.494 e. The summed E-state index contributed by atoms with van der Waals surface area (Å²) in [7, 11) is 0. The highest BCUT2D eigenvalue weighted by Gasteiger charge is 2.35. The van der Waals surface area contributed by atoms with E-state index in [-0.39, 0.29) is 12.6 Å². The molecule has 178 valence electrons. The minimum atomic E-state index is -0.479. The molecule has 0 bridgehead atoms. The van der Waals surface area contributed by atoms with Crippen molar-refractivity contribution in [1.82, 2.24) is 14.8 Å². The fraction of sp³-hybridized carbons (Fsp3) is 0.346. The van der Waals surface area contributed by atoms with Gasteiger partial charge in [0.25, 0.3) is 0 Å². The number of hydrogen-bond acceptors (Lipinski definition) is 7. The average Bonchev–Trinajstić information content (AvgIpc) is 3.25. The number of unbranched alkanes of at least 4 members (excludes halogenated alkanes) is 1. The lowest BCUT2D eigenvalue weighted by molar-refractivity contribution is -0.140. The summed E-state index contributed by atoms with van der Waals surface area (Å²) in [6.07, 6.45) is 2.21. The van der Waals surface area contributed by atoms with Crippen LogP contribution in [0, 0.1) is 0 Å². The van der Waals surface area contributed by atoms with Gasteiger partial charge in [0, 0.05) is 11.4 Å². The topological polar surface area (TPSA) is 78.3 Å². The van der Waals surface area contributed by atoms with Crippen molar-refractivity contribution in [2.24, 2.45) is 0 Å². The number of aromatic nitrogens is 3. The zero-order valence-corrected chi connectivity index (χ0v) is 20.6. The Morgan fingerprint density at radius 1 is 1.15 bits per heavy atom. The standard InChI is InChI=1S/C26H30N4O3S/c1-4-6-15-34-26-28-25-27-18(3)22(24(31)33-17-19-11-8-7-9-12-19)23(30(25)29-26)20-13-10-14-21(16-20)32-5-2/h7-14,16,23H,4-6,15,17H2,1-3H3,(H,27,28,29). The molecule has 0 amide bonds. The van der Waals surface area contributed by atoms with Crippen LogP contribution in [0.4, 0.5) is 5.95 Å². The number of anilines is 1. The first kappa shape index (κ1) is 23.9. The molecule has 1 aliphatic rings. The van der Waals surface area contributed by atoms with Gasteiger partial charge in [-0.2, -0.15) is 4.98 Å². The summed E-state index contributed by atoms with van der Waals surface area (Å²) in [6, 6.07) is 17.0. The molecule has 1 unspecified atom stereocenters. The molecule has 4 rings (SSSR count). The summed E-state index contributed by atoms with van der Waals surface area (Å²) in [4.78, 5) is 18.1. The van der Waals surface area contributed by atoms with Gasteiger partial charge in [0.15, 0.2) is 0 Å². The first-order chi connectivity index (χ1) is 16.6. The number of benzene rings is 2. The predicted molar refractivity (Wildman–Crippen MR) is 134 cm³/mol. The second kappa shape index (κ2) is 11.2. The van der Waals surface area contributed by atoms with Crippen molar-refractivity contribution in [1.29, 1.82) is 0 Å². The van der Waals surface area contributed by atoms with E-state index in [9.17, 15) is 4.79 Å². The van der Waals surface area contributed by atoms with Crippen molar-refractivity contribution in [3.8, 4) is 5.75 Å². The fourth-order valence-corrected chi connectivity index (χ4v) is 4.73. The Kier molecular flexibility index (Phi) is 7.90. The van der Waals surface area contributed by atoms with Crippen molar-refractivity contribution in [2.45, 2.75) is 51.4 Å². The van der Waals surface area contributed by atoms with Gasteiger partial charge < -0.3 is 14.8 Å². The molecule has 0 saturated carbocycles. The summed E-state index contributed by atoms with van der Waals surface area (Å²) in [6.45, 7) is 6.74. The van der Waals surface area contributed by atoms with Crippen LogP contribution in [0.25, 0.3) is 0 Å². The van der Waals surface area contributed by atoms with Crippen molar-refractivity contribution in [2.75, 3.05) is 17.7 Å². The van der Waals surface area contributed by atoms with Gasteiger partial charge in [-0.3, -0.25) is 0 Å². The van der Waals surface area contributed by atoms with Gasteiger partial charge in [0.2, 0.25) is 11.1 Å². The van der Waals surface area contributed by atoms with E-state index in [1.54, 1.807) is 16.4 Å². The summed E-state index contributed by atoms with van der Waals surface area (Å²) >= 11 is 1.62. The average molecular weight is 479 g/mol. The summed E-state index contributed by atoms with van der Waals surface area (Å²) in [5.41, 5.74) is 3.03. The Hall–Kier alpha value is -3.26. The van der Waals surface area contributed by atoms with E-state index in [0.717, 1.165) is 35.5 Å². The zero-order chi connectivity index (χ0) is 23.9. The van der Waals surface area contributed by atoms with Crippen molar-refractivity contribution in [3.63, 3.8) is 0 Å². The van der Waals surface area contributed by atoms with Crippen molar-refractivity contribution >= 4 is 23.7 Å². The Morgan fingerprint density at radius 3 is 2.74 bits per heavy atom. The molecule has 1 aromatic heterocycles. The van der Waals surface area contributed by atoms with E-state index < -0.39 is 6.04 Å². The fourth-order valence-electron chi connectivity index (χ4n) is 3.81. The third-order valence-electron chi connectivity index (χ3n) is 5.48. The highest BCUT2D eigenvalue weighted by atomic mass is 32.2. The summed E-state index contributed by atoms with van der Waals surface area (Å²) in [5, 5.41) is 8.72. The lowest BCUT2D eigenvalue weighted by Gasteiger charge is -2.28. The Morgan fingerprint density at radius 2 is 1.97 bits per heavy atom. The molecule has 3 aromatic rings. The molecule has 1 aliphatic heterocycles. The minimum absolute atomic E-state index is 0.199. The normalized spacial score (nSPS) is 15.0. The Bertz CT molecular complexity index is 1160. The van der Waals surface area contributed by atoms with Crippen LogP contribution >= 0.6 is 11.8 Å². The first-order valence-corrected chi connectivity index (χ1v) is 12.6. The van der Waals surface area contributed by atoms with Crippen LogP contribution in [0.3, 0.4) is 0 Å². The second-order valence-electron chi connectivity index (χ2n) is 8.00. The van der Waals surface area contributed by atoms with E-state index >= 15 is 0 Å². The van der Waals surface area contributed by atoms with Gasteiger partial charge in [-0.05, 0) is 43.5 Å². The molecular formula is C26H30N4O3S. The van der Waals surface area contributed by atoms with Crippen LogP contribution < -0.4 is 10.1 Å². The number of allylic oxidation sites excluding steroid dienone is 1. The molecule has 7 nitrogen and oxygen atoms in total. The van der Waals surface area contributed by atoms with Gasteiger partial charge in [-0.1, -0.05) is 67.6 Å². The lowest BCUT2D eigenvalue weighted by Crippen LogP contribution is -2.29. The third-order valence-corrected chi connectivity index (χ3v) is 6.40. The van der Waals surface area contributed by atoms with Crippen molar-refractivity contribution in [3.05, 3.63) is 77.0 Å². The Labute approximate surface area is 204 Å². The van der Waals surface area contributed by atoms with Crippen LogP contribution in [-0.4, -0.2) is 33.1 Å². The quantitative estimate of drug-likeness (QED) is 0.231. The van der Waals surface area contributed by atoms with Gasteiger partial charge in [0.1, 0.15) is 18.4 Å². The predicted octanol–water partition coefficient (Wildman–Crippen LogP) is 5.60. The number of carbonyl (C=O) groups excluding carboxylic acids is 1. The number of nitrogens with one attached hydrogen (secondary N) is 1. The number of nitrogens with zero attached hydrogens (tertiary/aromatic N) is 3. The third kappa shape index (κ3) is 5.44. The van der Waals surface area contributed by atoms with Crippen LogP contribution in [0.1, 0.15) is 50.8 Å². The maximum absolute atomic E-state index is 13.4. The number of carbonyl (C=O) groups is 1. The molecule has 1 N–H and O–H groups in total. The van der Waals surface area contributed by atoms with E-state index in [1.807, 2.05) is 68.4 Å². The molecule has 0 spiro atoms. The monoisotopic (exact) mass is 478 g/mol. The highest BCUT2D eigenvalue weighted by molar-refractivity contribution is 7.99. The van der Waals surface area contributed by atoms with Gasteiger partial charge in [-0.15, -0.1) is 5.10 Å². The Balaban J connectivity index is 1.68. The number of ether oxygens (including phenoxy) is 2. The number of hydrogen-bond donors (Lipinski definition) is 1.